The molecule has 0 spiro atoms. The number of allylic oxidation sites excluding steroid dienone is 1. The van der Waals surface area contributed by atoms with Crippen LogP contribution in [0.25, 0.3) is 26.9 Å². The van der Waals surface area contributed by atoms with Gasteiger partial charge in [-0.3, -0.25) is 4.79 Å². The summed E-state index contributed by atoms with van der Waals surface area (Å²) in [6, 6.07) is 24.7. The number of methoxy groups -OCH3 is 4. The number of ether oxygens (including phenoxy) is 6. The summed E-state index contributed by atoms with van der Waals surface area (Å²) in [6.07, 6.45) is 3.19. The lowest BCUT2D eigenvalue weighted by molar-refractivity contribution is 0.104. The van der Waals surface area contributed by atoms with Gasteiger partial charge in [0, 0.05) is 11.1 Å². The molecule has 9 heteroatoms. The molecule has 5 aromatic rings. The van der Waals surface area contributed by atoms with Gasteiger partial charge in [-0.15, -0.1) is 11.3 Å². The smallest absolute Gasteiger partial charge is 0.203 e. The summed E-state index contributed by atoms with van der Waals surface area (Å²) < 4.78 is 34.5. The van der Waals surface area contributed by atoms with Gasteiger partial charge in [0.25, 0.3) is 0 Å². The predicted molar refractivity (Wildman–Crippen MR) is 169 cm³/mol. The number of aromatic nitrogens is 1. The number of rotatable bonds is 13. The molecule has 0 N–H and O–H groups in total. The first-order chi connectivity index (χ1) is 21.0. The van der Waals surface area contributed by atoms with Crippen LogP contribution in [-0.2, 0) is 0 Å². The largest absolute Gasteiger partial charge is 0.493 e. The number of benzene rings is 4. The van der Waals surface area contributed by atoms with Crippen molar-refractivity contribution >= 4 is 33.4 Å². The average Bonchev–Trinajstić information content (AvgIpc) is 3.49. The van der Waals surface area contributed by atoms with Crippen LogP contribution in [0, 0.1) is 0 Å². The third kappa shape index (κ3) is 6.90. The quantitative estimate of drug-likeness (QED) is 0.0791. The molecule has 220 valence electrons. The Hall–Kier alpha value is -5.02. The zero-order valence-electron chi connectivity index (χ0n) is 24.3. The van der Waals surface area contributed by atoms with Crippen LogP contribution in [-0.4, -0.2) is 52.4 Å². The van der Waals surface area contributed by atoms with Crippen molar-refractivity contribution in [2.24, 2.45) is 0 Å². The third-order valence-electron chi connectivity index (χ3n) is 6.57. The van der Waals surface area contributed by atoms with Gasteiger partial charge in [-0.2, -0.15) is 0 Å². The van der Waals surface area contributed by atoms with Gasteiger partial charge >= 0.3 is 0 Å². The Morgan fingerprint density at radius 2 is 1.44 bits per heavy atom. The lowest BCUT2D eigenvalue weighted by Gasteiger charge is -2.13. The highest BCUT2D eigenvalue weighted by Gasteiger charge is 2.16. The van der Waals surface area contributed by atoms with E-state index in [9.17, 15) is 4.79 Å². The van der Waals surface area contributed by atoms with Gasteiger partial charge in [0.2, 0.25) is 5.75 Å². The van der Waals surface area contributed by atoms with Crippen molar-refractivity contribution in [3.8, 4) is 45.1 Å². The van der Waals surface area contributed by atoms with Crippen molar-refractivity contribution in [3.63, 3.8) is 0 Å². The Kier molecular flexibility index (Phi) is 9.43. The third-order valence-corrected chi connectivity index (χ3v) is 7.65. The van der Waals surface area contributed by atoms with Gasteiger partial charge < -0.3 is 28.4 Å². The van der Waals surface area contributed by atoms with Crippen molar-refractivity contribution in [3.05, 3.63) is 96.1 Å². The molecule has 0 unspecified atom stereocenters. The van der Waals surface area contributed by atoms with Gasteiger partial charge in [-0.05, 0) is 72.3 Å². The number of para-hydroxylation sites is 1. The highest BCUT2D eigenvalue weighted by Crippen LogP contribution is 2.38. The number of hydrogen-bond donors (Lipinski definition) is 0. The van der Waals surface area contributed by atoms with E-state index in [-0.39, 0.29) is 5.78 Å². The Morgan fingerprint density at radius 3 is 2.12 bits per heavy atom. The Balaban J connectivity index is 1.19. The molecule has 0 aliphatic carbocycles. The number of thiazole rings is 1. The molecule has 4 aromatic carbocycles. The van der Waals surface area contributed by atoms with Gasteiger partial charge in [0.15, 0.2) is 28.8 Å². The van der Waals surface area contributed by atoms with E-state index in [1.165, 1.54) is 27.4 Å². The van der Waals surface area contributed by atoms with Crippen molar-refractivity contribution in [2.75, 3.05) is 41.7 Å². The highest BCUT2D eigenvalue weighted by molar-refractivity contribution is 7.21. The van der Waals surface area contributed by atoms with Gasteiger partial charge in [-0.25, -0.2) is 4.98 Å². The average molecular weight is 598 g/mol. The number of nitrogens with zero attached hydrogens (tertiary/aromatic N) is 1. The second kappa shape index (κ2) is 13.8. The Bertz CT molecular complexity index is 1690. The van der Waals surface area contributed by atoms with Crippen molar-refractivity contribution in [1.82, 2.24) is 4.98 Å². The normalized spacial score (nSPS) is 11.0. The van der Waals surface area contributed by atoms with Crippen molar-refractivity contribution in [1.29, 1.82) is 0 Å². The molecule has 0 amide bonds. The molecule has 8 nitrogen and oxygen atoms in total. The van der Waals surface area contributed by atoms with Crippen LogP contribution >= 0.6 is 11.3 Å². The van der Waals surface area contributed by atoms with Crippen LogP contribution in [0.15, 0.2) is 84.9 Å². The molecule has 1 heterocycles. The van der Waals surface area contributed by atoms with Gasteiger partial charge in [0.05, 0.1) is 38.7 Å². The molecule has 0 fully saturated rings. The van der Waals surface area contributed by atoms with Crippen LogP contribution in [0.5, 0.6) is 34.5 Å². The van der Waals surface area contributed by atoms with Crippen LogP contribution in [0.2, 0.25) is 0 Å². The molecule has 1 aromatic heterocycles. The molecule has 0 saturated heterocycles. The van der Waals surface area contributed by atoms with E-state index >= 15 is 0 Å². The van der Waals surface area contributed by atoms with Crippen LogP contribution in [0.4, 0.5) is 0 Å². The second-order valence-corrected chi connectivity index (χ2v) is 10.3. The van der Waals surface area contributed by atoms with E-state index in [4.69, 9.17) is 33.4 Å². The minimum atomic E-state index is -0.222. The molecule has 43 heavy (non-hydrogen) atoms. The molecule has 5 rings (SSSR count). The Labute approximate surface area is 254 Å². The minimum absolute atomic E-state index is 0.222. The van der Waals surface area contributed by atoms with E-state index in [1.54, 1.807) is 42.7 Å². The summed E-state index contributed by atoms with van der Waals surface area (Å²) in [5.74, 6) is 2.87. The van der Waals surface area contributed by atoms with Crippen molar-refractivity contribution in [2.45, 2.75) is 0 Å². The first-order valence-corrected chi connectivity index (χ1v) is 14.3. The molecule has 0 saturated carbocycles. The van der Waals surface area contributed by atoms with E-state index in [1.807, 2.05) is 54.6 Å². The molecular weight excluding hydrogens is 566 g/mol. The zero-order chi connectivity index (χ0) is 30.2. The summed E-state index contributed by atoms with van der Waals surface area (Å²) in [4.78, 5) is 17.6. The van der Waals surface area contributed by atoms with Crippen LogP contribution in [0.1, 0.15) is 15.9 Å². The number of hydrogen-bond acceptors (Lipinski definition) is 9. The molecule has 0 bridgehead atoms. The second-order valence-electron chi connectivity index (χ2n) is 9.23. The summed E-state index contributed by atoms with van der Waals surface area (Å²) >= 11 is 1.67. The fourth-order valence-electron chi connectivity index (χ4n) is 4.40. The summed E-state index contributed by atoms with van der Waals surface area (Å²) in [7, 11) is 6.11. The molecular formula is C34H31NO7S. The zero-order valence-corrected chi connectivity index (χ0v) is 25.1. The maximum Gasteiger partial charge on any atom is 0.203 e. The lowest BCUT2D eigenvalue weighted by Crippen LogP contribution is -2.09. The van der Waals surface area contributed by atoms with Crippen LogP contribution < -0.4 is 28.4 Å². The van der Waals surface area contributed by atoms with Crippen LogP contribution in [0.3, 0.4) is 0 Å². The molecule has 0 aliphatic heterocycles. The van der Waals surface area contributed by atoms with Crippen molar-refractivity contribution < 1.29 is 33.2 Å². The fraction of sp³-hybridized carbons (Fsp3) is 0.176. The minimum Gasteiger partial charge on any atom is -0.493 e. The first kappa shape index (κ1) is 29.5. The molecule has 0 radical (unpaired) electrons. The van der Waals surface area contributed by atoms with E-state index in [2.05, 4.69) is 6.07 Å². The standard InChI is InChI=1S/C34H31NO7S/c1-37-28-16-10-22(9-15-27(36)24-20-30(38-2)33(40-4)31(21-24)39-3)19-29(28)42-18-17-41-25-13-11-23(12-14-25)34-35-26-7-5-6-8-32(26)43-34/h5-16,19-21H,17-18H2,1-4H3/b15-9+. The molecule has 0 atom stereocenters. The molecule has 0 aliphatic rings. The maximum absolute atomic E-state index is 12.9. The topological polar surface area (TPSA) is 85.3 Å². The summed E-state index contributed by atoms with van der Waals surface area (Å²) in [5.41, 5.74) is 3.22. The fourth-order valence-corrected chi connectivity index (χ4v) is 5.37. The number of ketones is 1. The number of carbonyl (C=O) groups excluding carboxylic acids is 1. The Morgan fingerprint density at radius 1 is 0.744 bits per heavy atom. The van der Waals surface area contributed by atoms with Gasteiger partial charge in [-0.1, -0.05) is 24.3 Å². The summed E-state index contributed by atoms with van der Waals surface area (Å²) in [5, 5.41) is 0.974. The number of fused-ring (bicyclic) bond motifs is 1. The van der Waals surface area contributed by atoms with E-state index < -0.39 is 0 Å². The summed E-state index contributed by atoms with van der Waals surface area (Å²) in [6.45, 7) is 0.636. The maximum atomic E-state index is 12.9. The number of carbonyl (C=O) groups is 1. The van der Waals surface area contributed by atoms with Gasteiger partial charge in [0.1, 0.15) is 24.0 Å². The monoisotopic (exact) mass is 597 g/mol. The van der Waals surface area contributed by atoms with E-state index in [0.717, 1.165) is 32.1 Å². The first-order valence-electron chi connectivity index (χ1n) is 13.4. The predicted octanol–water partition coefficient (Wildman–Crippen LogP) is 7.35. The SMILES string of the molecule is COc1ccc(/C=C/C(=O)c2cc(OC)c(OC)c(OC)c2)cc1OCCOc1ccc(-c2nc3ccccc3s2)cc1. The van der Waals surface area contributed by atoms with E-state index in [0.29, 0.717) is 47.5 Å². The lowest BCUT2D eigenvalue weighted by atomic mass is 10.1. The highest BCUT2D eigenvalue weighted by atomic mass is 32.1.